The largest absolute Gasteiger partial charge is 0.363 e. The van der Waals surface area contributed by atoms with Crippen LogP contribution in [0.1, 0.15) is 0 Å². The van der Waals surface area contributed by atoms with Gasteiger partial charge in [0.25, 0.3) is 0 Å². The third-order valence-corrected chi connectivity index (χ3v) is 2.00. The zero-order valence-corrected chi connectivity index (χ0v) is 8.86. The fourth-order valence-electron chi connectivity index (χ4n) is 1.12. The van der Waals surface area contributed by atoms with E-state index >= 15 is 0 Å². The number of benzene rings is 1. The van der Waals surface area contributed by atoms with Crippen LogP contribution < -0.4 is 10.6 Å². The summed E-state index contributed by atoms with van der Waals surface area (Å²) in [7, 11) is 0. The molecule has 16 heavy (non-hydrogen) atoms. The molecule has 5 nitrogen and oxygen atoms in total. The SMILES string of the molecule is O=C(Nc1cccc(Cl)c1)Nc1ccon1. The van der Waals surface area contributed by atoms with Crippen molar-refractivity contribution in [3.05, 3.63) is 41.6 Å². The van der Waals surface area contributed by atoms with Crippen LogP contribution in [-0.2, 0) is 0 Å². The zero-order valence-electron chi connectivity index (χ0n) is 8.11. The Labute approximate surface area is 96.4 Å². The van der Waals surface area contributed by atoms with Gasteiger partial charge in [0.15, 0.2) is 5.82 Å². The number of carbonyl (C=O) groups is 1. The summed E-state index contributed by atoms with van der Waals surface area (Å²) >= 11 is 5.77. The fourth-order valence-corrected chi connectivity index (χ4v) is 1.31. The highest BCUT2D eigenvalue weighted by Gasteiger charge is 2.04. The van der Waals surface area contributed by atoms with Crippen molar-refractivity contribution >= 4 is 29.1 Å². The van der Waals surface area contributed by atoms with E-state index in [9.17, 15) is 4.79 Å². The number of hydrogen-bond acceptors (Lipinski definition) is 3. The van der Waals surface area contributed by atoms with Gasteiger partial charge in [-0.25, -0.2) is 4.79 Å². The van der Waals surface area contributed by atoms with Crippen LogP contribution in [0.5, 0.6) is 0 Å². The van der Waals surface area contributed by atoms with E-state index in [1.165, 1.54) is 12.3 Å². The van der Waals surface area contributed by atoms with Gasteiger partial charge in [-0.05, 0) is 18.2 Å². The van der Waals surface area contributed by atoms with Crippen LogP contribution >= 0.6 is 11.6 Å². The Morgan fingerprint density at radius 3 is 2.88 bits per heavy atom. The zero-order chi connectivity index (χ0) is 11.4. The highest BCUT2D eigenvalue weighted by atomic mass is 35.5. The van der Waals surface area contributed by atoms with Crippen LogP contribution in [-0.4, -0.2) is 11.2 Å². The predicted octanol–water partition coefficient (Wildman–Crippen LogP) is 2.97. The second kappa shape index (κ2) is 4.67. The van der Waals surface area contributed by atoms with Gasteiger partial charge in [0.05, 0.1) is 0 Å². The van der Waals surface area contributed by atoms with Crippen molar-refractivity contribution in [3.8, 4) is 0 Å². The molecule has 0 spiro atoms. The lowest BCUT2D eigenvalue weighted by Crippen LogP contribution is -2.19. The number of amides is 2. The Morgan fingerprint density at radius 1 is 1.31 bits per heavy atom. The van der Waals surface area contributed by atoms with Crippen molar-refractivity contribution < 1.29 is 9.32 Å². The highest BCUT2D eigenvalue weighted by molar-refractivity contribution is 6.30. The standard InChI is InChI=1S/C10H8ClN3O2/c11-7-2-1-3-8(6-7)12-10(15)13-9-4-5-16-14-9/h1-6H,(H2,12,13,14,15). The summed E-state index contributed by atoms with van der Waals surface area (Å²) < 4.78 is 4.57. The second-order valence-corrected chi connectivity index (χ2v) is 3.41. The van der Waals surface area contributed by atoms with Gasteiger partial charge in [-0.3, -0.25) is 5.32 Å². The Hall–Kier alpha value is -2.01. The van der Waals surface area contributed by atoms with Crippen LogP contribution in [0.15, 0.2) is 41.1 Å². The van der Waals surface area contributed by atoms with E-state index in [2.05, 4.69) is 20.3 Å². The van der Waals surface area contributed by atoms with E-state index < -0.39 is 6.03 Å². The molecule has 0 radical (unpaired) electrons. The summed E-state index contributed by atoms with van der Waals surface area (Å²) in [5, 5.41) is 9.19. The fraction of sp³-hybridized carbons (Fsp3) is 0. The minimum absolute atomic E-state index is 0.347. The number of nitrogens with zero attached hydrogens (tertiary/aromatic N) is 1. The molecule has 2 aromatic rings. The Morgan fingerprint density at radius 2 is 2.19 bits per heavy atom. The number of aromatic nitrogens is 1. The van der Waals surface area contributed by atoms with Crippen LogP contribution in [0.2, 0.25) is 5.02 Å². The van der Waals surface area contributed by atoms with E-state index in [0.717, 1.165) is 0 Å². The van der Waals surface area contributed by atoms with Crippen molar-refractivity contribution in [2.75, 3.05) is 10.6 Å². The van der Waals surface area contributed by atoms with E-state index in [4.69, 9.17) is 11.6 Å². The number of anilines is 2. The molecule has 0 saturated heterocycles. The van der Waals surface area contributed by atoms with Crippen molar-refractivity contribution in [2.45, 2.75) is 0 Å². The molecule has 0 bridgehead atoms. The molecule has 2 rings (SSSR count). The first-order chi connectivity index (χ1) is 7.74. The molecular weight excluding hydrogens is 230 g/mol. The first kappa shape index (κ1) is 10.5. The summed E-state index contributed by atoms with van der Waals surface area (Å²) in [4.78, 5) is 11.4. The van der Waals surface area contributed by atoms with Gasteiger partial charge in [0.2, 0.25) is 0 Å². The maximum Gasteiger partial charge on any atom is 0.324 e. The lowest BCUT2D eigenvalue weighted by molar-refractivity contribution is 0.262. The molecule has 1 aromatic carbocycles. The number of carbonyl (C=O) groups excluding carboxylic acids is 1. The molecule has 0 aliphatic rings. The summed E-state index contributed by atoms with van der Waals surface area (Å²) in [5.74, 6) is 0.347. The van der Waals surface area contributed by atoms with E-state index in [1.54, 1.807) is 24.3 Å². The molecule has 0 fully saturated rings. The number of rotatable bonds is 2. The molecule has 0 unspecified atom stereocenters. The molecule has 0 saturated carbocycles. The molecule has 0 aliphatic heterocycles. The number of nitrogens with one attached hydrogen (secondary N) is 2. The third-order valence-electron chi connectivity index (χ3n) is 1.76. The first-order valence-electron chi connectivity index (χ1n) is 4.48. The monoisotopic (exact) mass is 237 g/mol. The van der Waals surface area contributed by atoms with Gasteiger partial charge >= 0.3 is 6.03 Å². The van der Waals surface area contributed by atoms with E-state index in [0.29, 0.717) is 16.5 Å². The van der Waals surface area contributed by atoms with Crippen LogP contribution in [0.4, 0.5) is 16.3 Å². The third kappa shape index (κ3) is 2.74. The number of urea groups is 1. The normalized spacial score (nSPS) is 9.81. The Balaban J connectivity index is 1.97. The van der Waals surface area contributed by atoms with Gasteiger partial charge in [0.1, 0.15) is 6.26 Å². The molecule has 1 aromatic heterocycles. The summed E-state index contributed by atoms with van der Waals surface area (Å²) in [6.07, 6.45) is 1.37. The van der Waals surface area contributed by atoms with Crippen molar-refractivity contribution in [3.63, 3.8) is 0 Å². The topological polar surface area (TPSA) is 67.2 Å². The lowest BCUT2D eigenvalue weighted by Gasteiger charge is -2.04. The number of hydrogen-bond donors (Lipinski definition) is 2. The number of halogens is 1. The quantitative estimate of drug-likeness (QED) is 0.844. The van der Waals surface area contributed by atoms with Crippen molar-refractivity contribution in [2.24, 2.45) is 0 Å². The molecular formula is C10H8ClN3O2. The maximum absolute atomic E-state index is 11.4. The summed E-state index contributed by atoms with van der Waals surface area (Å²) in [6.45, 7) is 0. The summed E-state index contributed by atoms with van der Waals surface area (Å²) in [6, 6.07) is 7.97. The van der Waals surface area contributed by atoms with Crippen LogP contribution in [0.25, 0.3) is 0 Å². The Bertz CT molecular complexity index is 485. The minimum atomic E-state index is -0.406. The second-order valence-electron chi connectivity index (χ2n) is 2.97. The van der Waals surface area contributed by atoms with Gasteiger partial charge in [0, 0.05) is 16.8 Å². The average Bonchev–Trinajstić information content (AvgIpc) is 2.70. The first-order valence-corrected chi connectivity index (χ1v) is 4.86. The van der Waals surface area contributed by atoms with Gasteiger partial charge in [-0.2, -0.15) is 0 Å². The van der Waals surface area contributed by atoms with Crippen molar-refractivity contribution in [1.29, 1.82) is 0 Å². The van der Waals surface area contributed by atoms with E-state index in [-0.39, 0.29) is 0 Å². The van der Waals surface area contributed by atoms with Gasteiger partial charge < -0.3 is 9.84 Å². The average molecular weight is 238 g/mol. The van der Waals surface area contributed by atoms with E-state index in [1.807, 2.05) is 0 Å². The highest BCUT2D eigenvalue weighted by Crippen LogP contribution is 2.15. The Kier molecular flexibility index (Phi) is 3.07. The molecule has 82 valence electrons. The molecule has 0 atom stereocenters. The summed E-state index contributed by atoms with van der Waals surface area (Å²) in [5.41, 5.74) is 0.605. The van der Waals surface area contributed by atoms with Gasteiger partial charge in [-0.15, -0.1) is 0 Å². The minimum Gasteiger partial charge on any atom is -0.363 e. The van der Waals surface area contributed by atoms with Crippen molar-refractivity contribution in [1.82, 2.24) is 5.16 Å². The molecule has 2 amide bonds. The maximum atomic E-state index is 11.4. The molecule has 0 aliphatic carbocycles. The predicted molar refractivity (Wildman–Crippen MR) is 60.6 cm³/mol. The lowest BCUT2D eigenvalue weighted by atomic mass is 10.3. The molecule has 2 N–H and O–H groups in total. The smallest absolute Gasteiger partial charge is 0.324 e. The van der Waals surface area contributed by atoms with Crippen LogP contribution in [0, 0.1) is 0 Å². The molecule has 1 heterocycles. The van der Waals surface area contributed by atoms with Crippen LogP contribution in [0.3, 0.4) is 0 Å². The van der Waals surface area contributed by atoms with Gasteiger partial charge in [-0.1, -0.05) is 22.8 Å². The molecule has 6 heteroatoms.